The van der Waals surface area contributed by atoms with Gasteiger partial charge in [0.15, 0.2) is 0 Å². The lowest BCUT2D eigenvalue weighted by Crippen LogP contribution is -2.49. The van der Waals surface area contributed by atoms with E-state index in [0.717, 1.165) is 12.1 Å². The molecular weight excluding hydrogens is 362 g/mol. The van der Waals surface area contributed by atoms with Crippen LogP contribution in [0.4, 0.5) is 4.39 Å². The third kappa shape index (κ3) is 5.23. The van der Waals surface area contributed by atoms with E-state index in [1.54, 1.807) is 0 Å². The molecule has 21 heavy (non-hydrogen) atoms. The first-order valence-corrected chi connectivity index (χ1v) is 8.32. The zero-order valence-electron chi connectivity index (χ0n) is 11.6. The summed E-state index contributed by atoms with van der Waals surface area (Å²) < 4.78 is 39.9. The van der Waals surface area contributed by atoms with E-state index < -0.39 is 21.4 Å². The van der Waals surface area contributed by atoms with Crippen molar-refractivity contribution in [2.24, 2.45) is 5.73 Å². The second-order valence-electron chi connectivity index (χ2n) is 4.59. The Labute approximate surface area is 140 Å². The van der Waals surface area contributed by atoms with Crippen molar-refractivity contribution in [1.29, 1.82) is 0 Å². The normalized spacial score (nSPS) is 12.1. The van der Waals surface area contributed by atoms with Gasteiger partial charge in [0.1, 0.15) is 10.7 Å². The summed E-state index contributed by atoms with van der Waals surface area (Å²) in [7, 11) is -3.95. The molecule has 0 aliphatic heterocycles. The molecule has 122 valence electrons. The number of sulfonamides is 1. The minimum Gasteiger partial charge on any atom is -0.324 e. The highest BCUT2D eigenvalue weighted by atomic mass is 35.5. The van der Waals surface area contributed by atoms with Crippen LogP contribution in [0.3, 0.4) is 0 Å². The highest BCUT2D eigenvalue weighted by Crippen LogP contribution is 2.30. The monoisotopic (exact) mass is 378 g/mol. The first kappa shape index (κ1) is 20.9. The first-order chi connectivity index (χ1) is 9.15. The van der Waals surface area contributed by atoms with Crippen LogP contribution < -0.4 is 10.5 Å². The molecule has 0 amide bonds. The van der Waals surface area contributed by atoms with Crippen LogP contribution in [0.1, 0.15) is 26.7 Å². The van der Waals surface area contributed by atoms with Gasteiger partial charge in [-0.05, 0) is 25.0 Å². The van der Waals surface area contributed by atoms with Crippen LogP contribution >= 0.6 is 35.6 Å². The predicted molar refractivity (Wildman–Crippen MR) is 86.4 cm³/mol. The van der Waals surface area contributed by atoms with Gasteiger partial charge in [-0.25, -0.2) is 17.5 Å². The Morgan fingerprint density at radius 2 is 1.67 bits per heavy atom. The molecule has 0 spiro atoms. The zero-order chi connectivity index (χ0) is 15.6. The maximum absolute atomic E-state index is 13.1. The van der Waals surface area contributed by atoms with Crippen LogP contribution in [0.25, 0.3) is 0 Å². The van der Waals surface area contributed by atoms with Crippen LogP contribution in [0.5, 0.6) is 0 Å². The molecule has 0 saturated heterocycles. The smallest absolute Gasteiger partial charge is 0.243 e. The van der Waals surface area contributed by atoms with Gasteiger partial charge in [0.2, 0.25) is 10.0 Å². The lowest BCUT2D eigenvalue weighted by atomic mass is 9.95. The first-order valence-electron chi connectivity index (χ1n) is 6.08. The predicted octanol–water partition coefficient (Wildman–Crippen LogP) is 3.35. The summed E-state index contributed by atoms with van der Waals surface area (Å²) in [6.45, 7) is 3.79. The maximum atomic E-state index is 13.1. The van der Waals surface area contributed by atoms with E-state index in [2.05, 4.69) is 4.72 Å². The summed E-state index contributed by atoms with van der Waals surface area (Å²) in [5.41, 5.74) is 5.38. The van der Waals surface area contributed by atoms with Gasteiger partial charge in [-0.2, -0.15) is 0 Å². The molecule has 0 unspecified atom stereocenters. The molecule has 0 bridgehead atoms. The second kappa shape index (κ2) is 7.94. The van der Waals surface area contributed by atoms with E-state index in [4.69, 9.17) is 28.9 Å². The third-order valence-electron chi connectivity index (χ3n) is 3.25. The Kier molecular flexibility index (Phi) is 7.90. The largest absolute Gasteiger partial charge is 0.324 e. The van der Waals surface area contributed by atoms with Crippen LogP contribution in [0, 0.1) is 5.82 Å². The van der Waals surface area contributed by atoms with E-state index >= 15 is 0 Å². The quantitative estimate of drug-likeness (QED) is 0.796. The number of halogens is 4. The summed E-state index contributed by atoms with van der Waals surface area (Å²) in [5, 5.41) is -0.531. The molecule has 1 aromatic rings. The molecule has 0 heterocycles. The van der Waals surface area contributed by atoms with Gasteiger partial charge in [-0.15, -0.1) is 12.4 Å². The fourth-order valence-electron chi connectivity index (χ4n) is 1.60. The standard InChI is InChI=1S/C12H17Cl2FN2O2S.ClH/c1-3-12(16,4-2)7-17-20(18,19)11-9(13)5-8(15)6-10(11)14;/h5-6,17H,3-4,7,16H2,1-2H3;1H. The fourth-order valence-corrected chi connectivity index (χ4v) is 3.92. The van der Waals surface area contributed by atoms with Crippen molar-refractivity contribution in [3.05, 3.63) is 28.0 Å². The van der Waals surface area contributed by atoms with Crippen molar-refractivity contribution >= 4 is 45.6 Å². The van der Waals surface area contributed by atoms with Crippen LogP contribution in [-0.2, 0) is 10.0 Å². The lowest BCUT2D eigenvalue weighted by molar-refractivity contribution is 0.392. The zero-order valence-corrected chi connectivity index (χ0v) is 14.8. The van der Waals surface area contributed by atoms with E-state index in [-0.39, 0.29) is 33.9 Å². The summed E-state index contributed by atoms with van der Waals surface area (Å²) >= 11 is 11.5. The van der Waals surface area contributed by atoms with Crippen molar-refractivity contribution in [3.8, 4) is 0 Å². The molecule has 0 atom stereocenters. The number of benzene rings is 1. The second-order valence-corrected chi connectivity index (χ2v) is 7.11. The van der Waals surface area contributed by atoms with Gasteiger partial charge in [-0.1, -0.05) is 37.0 Å². The summed E-state index contributed by atoms with van der Waals surface area (Å²) in [6, 6.07) is 1.80. The lowest BCUT2D eigenvalue weighted by Gasteiger charge is -2.26. The molecular formula is C12H18Cl3FN2O2S. The minimum absolute atomic E-state index is 0. The number of nitrogens with one attached hydrogen (secondary N) is 1. The van der Waals surface area contributed by atoms with Crippen molar-refractivity contribution in [3.63, 3.8) is 0 Å². The maximum Gasteiger partial charge on any atom is 0.243 e. The Bertz CT molecular complexity index is 569. The summed E-state index contributed by atoms with van der Waals surface area (Å²) in [4.78, 5) is -0.336. The van der Waals surface area contributed by atoms with Crippen molar-refractivity contribution in [2.45, 2.75) is 37.1 Å². The van der Waals surface area contributed by atoms with Crippen molar-refractivity contribution in [2.75, 3.05) is 6.54 Å². The molecule has 0 saturated carbocycles. The minimum atomic E-state index is -3.95. The molecule has 0 fully saturated rings. The molecule has 0 aliphatic carbocycles. The Morgan fingerprint density at radius 1 is 1.24 bits per heavy atom. The molecule has 0 aliphatic rings. The van der Waals surface area contributed by atoms with Gasteiger partial charge in [0.05, 0.1) is 10.0 Å². The van der Waals surface area contributed by atoms with E-state index in [0.29, 0.717) is 12.8 Å². The van der Waals surface area contributed by atoms with Gasteiger partial charge in [0.25, 0.3) is 0 Å². The molecule has 0 radical (unpaired) electrons. The fraction of sp³-hybridized carbons (Fsp3) is 0.500. The van der Waals surface area contributed by atoms with Gasteiger partial charge in [0, 0.05) is 12.1 Å². The molecule has 4 nitrogen and oxygen atoms in total. The molecule has 3 N–H and O–H groups in total. The Hall–Kier alpha value is -0.110. The topological polar surface area (TPSA) is 72.2 Å². The van der Waals surface area contributed by atoms with E-state index in [1.165, 1.54) is 0 Å². The van der Waals surface area contributed by atoms with Gasteiger partial charge >= 0.3 is 0 Å². The molecule has 1 aromatic carbocycles. The average Bonchev–Trinajstić information content (AvgIpc) is 2.34. The van der Waals surface area contributed by atoms with E-state index in [1.807, 2.05) is 13.8 Å². The molecule has 1 rings (SSSR count). The Balaban J connectivity index is 0.00000400. The molecule has 9 heteroatoms. The number of hydrogen-bond donors (Lipinski definition) is 2. The average molecular weight is 380 g/mol. The van der Waals surface area contributed by atoms with Crippen LogP contribution in [0.15, 0.2) is 17.0 Å². The SMILES string of the molecule is CCC(N)(CC)CNS(=O)(=O)c1c(Cl)cc(F)cc1Cl.Cl. The number of rotatable bonds is 6. The van der Waals surface area contributed by atoms with Crippen LogP contribution in [-0.4, -0.2) is 20.5 Å². The van der Waals surface area contributed by atoms with Crippen LogP contribution in [0.2, 0.25) is 10.0 Å². The van der Waals surface area contributed by atoms with Gasteiger partial charge in [-0.3, -0.25) is 0 Å². The van der Waals surface area contributed by atoms with Gasteiger partial charge < -0.3 is 5.73 Å². The highest BCUT2D eigenvalue weighted by molar-refractivity contribution is 7.89. The summed E-state index contributed by atoms with van der Waals surface area (Å²) in [5.74, 6) is -0.700. The third-order valence-corrected chi connectivity index (χ3v) is 5.58. The van der Waals surface area contributed by atoms with E-state index in [9.17, 15) is 12.8 Å². The van der Waals surface area contributed by atoms with Crippen molar-refractivity contribution in [1.82, 2.24) is 4.72 Å². The number of hydrogen-bond acceptors (Lipinski definition) is 3. The van der Waals surface area contributed by atoms with Crippen molar-refractivity contribution < 1.29 is 12.8 Å². The number of nitrogens with two attached hydrogens (primary N) is 1. The highest BCUT2D eigenvalue weighted by Gasteiger charge is 2.27. The molecule has 0 aromatic heterocycles. The Morgan fingerprint density at radius 3 is 2.05 bits per heavy atom. The summed E-state index contributed by atoms with van der Waals surface area (Å²) in [6.07, 6.45) is 1.22.